The average Bonchev–Trinajstić information content (AvgIpc) is 3.30. The highest BCUT2D eigenvalue weighted by Gasteiger charge is 2.41. The Kier molecular flexibility index (Phi) is 5.60. The predicted octanol–water partition coefficient (Wildman–Crippen LogP) is 2.51. The fourth-order valence-corrected chi connectivity index (χ4v) is 5.33. The van der Waals surface area contributed by atoms with Gasteiger partial charge in [-0.15, -0.1) is 0 Å². The molecule has 1 aliphatic heterocycles. The van der Waals surface area contributed by atoms with Crippen molar-refractivity contribution in [2.45, 2.75) is 69.5 Å². The summed E-state index contributed by atoms with van der Waals surface area (Å²) in [6, 6.07) is 9.70. The zero-order chi connectivity index (χ0) is 17.9. The van der Waals surface area contributed by atoms with Gasteiger partial charge < -0.3 is 10.6 Å². The molecule has 1 aromatic carbocycles. The lowest BCUT2D eigenvalue weighted by molar-refractivity contribution is -0.125. The number of carbonyl (C=O) groups excluding carboxylic acids is 1. The van der Waals surface area contributed by atoms with Crippen LogP contribution in [-0.4, -0.2) is 49.1 Å². The van der Waals surface area contributed by atoms with Crippen LogP contribution in [0.15, 0.2) is 24.3 Å². The van der Waals surface area contributed by atoms with Crippen molar-refractivity contribution in [3.63, 3.8) is 0 Å². The zero-order valence-corrected chi connectivity index (χ0v) is 16.0. The Bertz CT molecular complexity index is 601. The molecule has 4 heteroatoms. The molecule has 4 rings (SSSR count). The summed E-state index contributed by atoms with van der Waals surface area (Å²) >= 11 is 0. The normalized spacial score (nSPS) is 27.6. The number of hydrogen-bond acceptors (Lipinski definition) is 3. The van der Waals surface area contributed by atoms with Crippen LogP contribution in [0.1, 0.15) is 49.7 Å². The molecule has 1 amide bonds. The second-order valence-corrected chi connectivity index (χ2v) is 8.50. The number of benzene rings is 1. The van der Waals surface area contributed by atoms with Gasteiger partial charge in [-0.25, -0.2) is 0 Å². The third kappa shape index (κ3) is 3.81. The highest BCUT2D eigenvalue weighted by atomic mass is 16.2. The van der Waals surface area contributed by atoms with Gasteiger partial charge in [-0.2, -0.15) is 0 Å². The number of nitrogens with one attached hydrogen (secondary N) is 2. The molecule has 1 heterocycles. The predicted molar refractivity (Wildman–Crippen MR) is 105 cm³/mol. The van der Waals surface area contributed by atoms with Crippen LogP contribution in [0.25, 0.3) is 0 Å². The number of carbonyl (C=O) groups is 1. The van der Waals surface area contributed by atoms with Crippen LogP contribution < -0.4 is 10.6 Å². The Morgan fingerprint density at radius 3 is 2.46 bits per heavy atom. The van der Waals surface area contributed by atoms with Crippen molar-refractivity contribution in [1.29, 1.82) is 0 Å². The Labute approximate surface area is 157 Å². The molecule has 3 aliphatic rings. The van der Waals surface area contributed by atoms with E-state index in [0.717, 1.165) is 38.3 Å². The van der Waals surface area contributed by atoms with E-state index in [-0.39, 0.29) is 11.9 Å². The summed E-state index contributed by atoms with van der Waals surface area (Å²) in [6.07, 6.45) is 10.1. The number of likely N-dealkylation sites (N-methyl/N-ethyl adjacent to an activating group) is 1. The minimum atomic E-state index is 0.0168. The molecule has 4 nitrogen and oxygen atoms in total. The van der Waals surface area contributed by atoms with E-state index in [0.29, 0.717) is 12.1 Å². The minimum absolute atomic E-state index is 0.0168. The number of fused-ring (bicyclic) bond motifs is 1. The Morgan fingerprint density at radius 1 is 1.12 bits per heavy atom. The topological polar surface area (TPSA) is 44.4 Å². The maximum Gasteiger partial charge on any atom is 0.237 e. The molecule has 2 fully saturated rings. The summed E-state index contributed by atoms with van der Waals surface area (Å²) in [5.74, 6) is 1.02. The number of nitrogens with zero attached hydrogens (tertiary/aromatic N) is 1. The van der Waals surface area contributed by atoms with Gasteiger partial charge in [-0.1, -0.05) is 43.5 Å². The maximum atomic E-state index is 12.5. The second kappa shape index (κ2) is 8.10. The molecule has 0 spiro atoms. The summed E-state index contributed by atoms with van der Waals surface area (Å²) in [6.45, 7) is 2.13. The quantitative estimate of drug-likeness (QED) is 0.853. The highest BCUT2D eigenvalue weighted by molar-refractivity contribution is 5.82. The van der Waals surface area contributed by atoms with Gasteiger partial charge in [0.1, 0.15) is 0 Å². The van der Waals surface area contributed by atoms with Gasteiger partial charge in [0.25, 0.3) is 0 Å². The van der Waals surface area contributed by atoms with Crippen LogP contribution in [0.4, 0.5) is 0 Å². The van der Waals surface area contributed by atoms with Crippen LogP contribution >= 0.6 is 0 Å². The second-order valence-electron chi connectivity index (χ2n) is 8.50. The van der Waals surface area contributed by atoms with E-state index in [1.807, 2.05) is 0 Å². The summed E-state index contributed by atoms with van der Waals surface area (Å²) in [5, 5.41) is 6.71. The van der Waals surface area contributed by atoms with Crippen molar-refractivity contribution in [3.8, 4) is 0 Å². The molecular formula is C22H33N3O. The van der Waals surface area contributed by atoms with Gasteiger partial charge in [-0.05, 0) is 55.7 Å². The Balaban J connectivity index is 1.39. The third-order valence-corrected chi connectivity index (χ3v) is 6.81. The molecule has 2 N–H and O–H groups in total. The number of likely N-dealkylation sites (tertiary alicyclic amines) is 1. The molecule has 142 valence electrons. The molecular weight excluding hydrogens is 322 g/mol. The van der Waals surface area contributed by atoms with Crippen LogP contribution in [0.5, 0.6) is 0 Å². The van der Waals surface area contributed by atoms with E-state index in [4.69, 9.17) is 0 Å². The molecule has 0 unspecified atom stereocenters. The number of amides is 1. The molecule has 2 aliphatic carbocycles. The fraction of sp³-hybridized carbons (Fsp3) is 0.682. The molecule has 1 aromatic rings. The average molecular weight is 356 g/mol. The van der Waals surface area contributed by atoms with E-state index < -0.39 is 0 Å². The molecule has 26 heavy (non-hydrogen) atoms. The maximum absolute atomic E-state index is 12.5. The van der Waals surface area contributed by atoms with Crippen LogP contribution in [-0.2, 0) is 17.6 Å². The molecule has 1 saturated carbocycles. The van der Waals surface area contributed by atoms with Gasteiger partial charge in [0, 0.05) is 25.7 Å². The van der Waals surface area contributed by atoms with Crippen molar-refractivity contribution in [1.82, 2.24) is 15.5 Å². The van der Waals surface area contributed by atoms with Crippen molar-refractivity contribution >= 4 is 5.91 Å². The summed E-state index contributed by atoms with van der Waals surface area (Å²) in [5.41, 5.74) is 2.93. The molecule has 0 radical (unpaired) electrons. The molecule has 1 saturated heterocycles. The monoisotopic (exact) mass is 355 g/mol. The lowest BCUT2D eigenvalue weighted by atomic mass is 9.89. The Hall–Kier alpha value is -1.39. The summed E-state index contributed by atoms with van der Waals surface area (Å²) in [7, 11) is 1.77. The van der Waals surface area contributed by atoms with E-state index in [2.05, 4.69) is 39.8 Å². The van der Waals surface area contributed by atoms with E-state index in [1.165, 1.54) is 43.2 Å². The summed E-state index contributed by atoms with van der Waals surface area (Å²) < 4.78 is 0. The third-order valence-electron chi connectivity index (χ3n) is 6.81. The first-order valence-corrected chi connectivity index (χ1v) is 10.5. The first-order chi connectivity index (χ1) is 12.7. The highest BCUT2D eigenvalue weighted by Crippen LogP contribution is 2.31. The minimum Gasteiger partial charge on any atom is -0.358 e. The van der Waals surface area contributed by atoms with Crippen LogP contribution in [0.2, 0.25) is 0 Å². The van der Waals surface area contributed by atoms with Gasteiger partial charge in [0.05, 0.1) is 6.04 Å². The van der Waals surface area contributed by atoms with Crippen molar-refractivity contribution < 1.29 is 4.79 Å². The van der Waals surface area contributed by atoms with E-state index >= 15 is 0 Å². The SMILES string of the molecule is CNC(=O)[C@@H]1C[C@@H](NCC2CCCCC2)CN1C1Cc2ccccc2C1. The zero-order valence-electron chi connectivity index (χ0n) is 16.0. The largest absolute Gasteiger partial charge is 0.358 e. The molecule has 0 bridgehead atoms. The van der Waals surface area contributed by atoms with E-state index in [1.54, 1.807) is 7.05 Å². The van der Waals surface area contributed by atoms with Crippen molar-refractivity contribution in [2.24, 2.45) is 5.92 Å². The first-order valence-electron chi connectivity index (χ1n) is 10.5. The van der Waals surface area contributed by atoms with Gasteiger partial charge in [0.2, 0.25) is 5.91 Å². The molecule has 0 aromatic heterocycles. The summed E-state index contributed by atoms with van der Waals surface area (Å²) in [4.78, 5) is 15.0. The fourth-order valence-electron chi connectivity index (χ4n) is 5.33. The standard InChI is InChI=1S/C22H33N3O/c1-23-22(26)21-13-19(24-14-16-7-3-2-4-8-16)15-25(21)20-11-17-9-5-6-10-18(17)12-20/h5-6,9-10,16,19-21,24H,2-4,7-8,11-15H2,1H3,(H,23,26)/t19-,21+/m1/s1. The lowest BCUT2D eigenvalue weighted by Gasteiger charge is -2.29. The smallest absolute Gasteiger partial charge is 0.237 e. The van der Waals surface area contributed by atoms with E-state index in [9.17, 15) is 4.79 Å². The molecule has 2 atom stereocenters. The van der Waals surface area contributed by atoms with Gasteiger partial charge >= 0.3 is 0 Å². The Morgan fingerprint density at radius 2 is 1.81 bits per heavy atom. The van der Waals surface area contributed by atoms with Crippen LogP contribution in [0, 0.1) is 5.92 Å². The number of rotatable bonds is 5. The lowest BCUT2D eigenvalue weighted by Crippen LogP contribution is -2.47. The first kappa shape index (κ1) is 18.0. The van der Waals surface area contributed by atoms with Gasteiger partial charge in [0.15, 0.2) is 0 Å². The van der Waals surface area contributed by atoms with Crippen molar-refractivity contribution in [3.05, 3.63) is 35.4 Å². The number of hydrogen-bond donors (Lipinski definition) is 2. The van der Waals surface area contributed by atoms with Gasteiger partial charge in [-0.3, -0.25) is 9.69 Å². The van der Waals surface area contributed by atoms with Crippen LogP contribution in [0.3, 0.4) is 0 Å². The van der Waals surface area contributed by atoms with Crippen molar-refractivity contribution in [2.75, 3.05) is 20.1 Å².